The first-order valence-electron chi connectivity index (χ1n) is 7.54. The molecule has 1 saturated heterocycles. The summed E-state index contributed by atoms with van der Waals surface area (Å²) >= 11 is 0. The number of likely N-dealkylation sites (N-methyl/N-ethyl adjacent to an activating group) is 1. The Balaban J connectivity index is 2.33. The van der Waals surface area contributed by atoms with Crippen LogP contribution in [0.2, 0.25) is 0 Å². The van der Waals surface area contributed by atoms with Gasteiger partial charge in [0.2, 0.25) is 5.88 Å². The molecule has 1 unspecified atom stereocenters. The molecule has 1 aromatic heterocycles. The molecule has 0 amide bonds. The lowest BCUT2D eigenvalue weighted by atomic mass is 9.96. The Morgan fingerprint density at radius 1 is 1.33 bits per heavy atom. The van der Waals surface area contributed by atoms with Gasteiger partial charge in [-0.1, -0.05) is 0 Å². The molecule has 0 radical (unpaired) electrons. The molecule has 1 aliphatic heterocycles. The van der Waals surface area contributed by atoms with E-state index in [4.69, 9.17) is 10.5 Å². The number of hydrogen-bond donors (Lipinski definition) is 1. The van der Waals surface area contributed by atoms with Gasteiger partial charge in [0, 0.05) is 38.8 Å². The zero-order chi connectivity index (χ0) is 15.8. The predicted octanol–water partition coefficient (Wildman–Crippen LogP) is 0.763. The normalized spacial score (nSPS) is 21.5. The molecule has 1 fully saturated rings. The molecule has 1 atom stereocenters. The Bertz CT molecular complexity index is 496. The zero-order valence-corrected chi connectivity index (χ0v) is 14.2. The summed E-state index contributed by atoms with van der Waals surface area (Å²) in [6.45, 7) is 10.2. The van der Waals surface area contributed by atoms with Crippen LogP contribution in [0.5, 0.6) is 5.88 Å². The van der Waals surface area contributed by atoms with Crippen molar-refractivity contribution in [2.75, 3.05) is 40.3 Å². The van der Waals surface area contributed by atoms with E-state index in [1.54, 1.807) is 11.8 Å². The van der Waals surface area contributed by atoms with Crippen molar-refractivity contribution in [2.45, 2.75) is 32.4 Å². The van der Waals surface area contributed by atoms with E-state index in [-0.39, 0.29) is 11.6 Å². The lowest BCUT2D eigenvalue weighted by molar-refractivity contribution is 0.0173. The number of aromatic nitrogens is 2. The summed E-state index contributed by atoms with van der Waals surface area (Å²) in [5, 5.41) is 4.50. The fourth-order valence-electron chi connectivity index (χ4n) is 3.27. The number of aryl methyl sites for hydroxylation is 2. The van der Waals surface area contributed by atoms with Gasteiger partial charge in [-0.05, 0) is 27.8 Å². The Labute approximate surface area is 127 Å². The van der Waals surface area contributed by atoms with Crippen molar-refractivity contribution in [1.82, 2.24) is 19.6 Å². The molecule has 2 N–H and O–H groups in total. The van der Waals surface area contributed by atoms with E-state index >= 15 is 0 Å². The maximum atomic E-state index is 6.11. The molecule has 21 heavy (non-hydrogen) atoms. The van der Waals surface area contributed by atoms with Crippen molar-refractivity contribution in [1.29, 1.82) is 0 Å². The Hall–Kier alpha value is -1.11. The standard InChI is InChI=1S/C15H29N5O/c1-11-13(14(21-6)19(5)17-11)12(9-16)20-8-7-18(4)15(2,3)10-20/h12H,7-10,16H2,1-6H3. The zero-order valence-electron chi connectivity index (χ0n) is 14.2. The minimum Gasteiger partial charge on any atom is -0.481 e. The minimum absolute atomic E-state index is 0.148. The van der Waals surface area contributed by atoms with E-state index in [2.05, 4.69) is 35.8 Å². The van der Waals surface area contributed by atoms with Gasteiger partial charge >= 0.3 is 0 Å². The third-order valence-electron chi connectivity index (χ3n) is 4.75. The van der Waals surface area contributed by atoms with E-state index in [0.29, 0.717) is 6.54 Å². The van der Waals surface area contributed by atoms with Crippen molar-refractivity contribution in [3.8, 4) is 5.88 Å². The van der Waals surface area contributed by atoms with Crippen LogP contribution in [0.3, 0.4) is 0 Å². The third kappa shape index (κ3) is 2.93. The lowest BCUT2D eigenvalue weighted by Gasteiger charge is -2.47. The number of nitrogens with two attached hydrogens (primary N) is 1. The molecule has 0 spiro atoms. The molecular formula is C15H29N5O. The molecule has 2 rings (SSSR count). The topological polar surface area (TPSA) is 59.6 Å². The Morgan fingerprint density at radius 3 is 2.52 bits per heavy atom. The molecule has 2 heterocycles. The lowest BCUT2D eigenvalue weighted by Crippen LogP contribution is -2.58. The predicted molar refractivity (Wildman–Crippen MR) is 84.6 cm³/mol. The van der Waals surface area contributed by atoms with E-state index in [1.165, 1.54) is 0 Å². The second kappa shape index (κ2) is 5.94. The minimum atomic E-state index is 0.148. The molecule has 6 heteroatoms. The van der Waals surface area contributed by atoms with Crippen LogP contribution in [0.1, 0.15) is 31.1 Å². The number of hydrogen-bond acceptors (Lipinski definition) is 5. The van der Waals surface area contributed by atoms with Crippen LogP contribution in [0.4, 0.5) is 0 Å². The van der Waals surface area contributed by atoms with Gasteiger partial charge in [-0.3, -0.25) is 9.80 Å². The maximum absolute atomic E-state index is 6.11. The van der Waals surface area contributed by atoms with E-state index < -0.39 is 0 Å². The molecule has 0 aliphatic carbocycles. The first-order chi connectivity index (χ1) is 9.81. The summed E-state index contributed by atoms with van der Waals surface area (Å²) in [6, 6.07) is 0.154. The van der Waals surface area contributed by atoms with Gasteiger partial charge in [-0.2, -0.15) is 5.10 Å². The van der Waals surface area contributed by atoms with Crippen LogP contribution in [0.25, 0.3) is 0 Å². The number of ether oxygens (including phenoxy) is 1. The SMILES string of the molecule is COc1c(C(CN)N2CCN(C)C(C)(C)C2)c(C)nn1C. The van der Waals surface area contributed by atoms with Crippen molar-refractivity contribution < 1.29 is 4.74 Å². The van der Waals surface area contributed by atoms with Crippen LogP contribution in [0, 0.1) is 6.92 Å². The summed E-state index contributed by atoms with van der Waals surface area (Å²) in [6.07, 6.45) is 0. The van der Waals surface area contributed by atoms with Crippen molar-refractivity contribution in [3.05, 3.63) is 11.3 Å². The number of piperazine rings is 1. The van der Waals surface area contributed by atoms with Crippen molar-refractivity contribution in [3.63, 3.8) is 0 Å². The van der Waals surface area contributed by atoms with Crippen LogP contribution >= 0.6 is 0 Å². The monoisotopic (exact) mass is 295 g/mol. The van der Waals surface area contributed by atoms with Crippen molar-refractivity contribution >= 4 is 0 Å². The molecular weight excluding hydrogens is 266 g/mol. The molecule has 1 aromatic rings. The molecule has 120 valence electrons. The van der Waals surface area contributed by atoms with E-state index in [9.17, 15) is 0 Å². The Morgan fingerprint density at radius 2 is 2.00 bits per heavy atom. The fourth-order valence-corrected chi connectivity index (χ4v) is 3.27. The molecule has 0 aromatic carbocycles. The average Bonchev–Trinajstić information content (AvgIpc) is 2.69. The quantitative estimate of drug-likeness (QED) is 0.889. The number of rotatable bonds is 4. The summed E-state index contributed by atoms with van der Waals surface area (Å²) in [5.74, 6) is 0.819. The average molecular weight is 295 g/mol. The van der Waals surface area contributed by atoms with Gasteiger partial charge in [0.15, 0.2) is 0 Å². The van der Waals surface area contributed by atoms with Crippen LogP contribution in [0.15, 0.2) is 0 Å². The van der Waals surface area contributed by atoms with Gasteiger partial charge < -0.3 is 10.5 Å². The third-order valence-corrected chi connectivity index (χ3v) is 4.75. The van der Waals surface area contributed by atoms with Crippen LogP contribution in [-0.2, 0) is 7.05 Å². The van der Waals surface area contributed by atoms with Crippen molar-refractivity contribution in [2.24, 2.45) is 12.8 Å². The summed E-state index contributed by atoms with van der Waals surface area (Å²) in [5.41, 5.74) is 8.39. The first kappa shape index (κ1) is 16.3. The molecule has 0 bridgehead atoms. The fraction of sp³-hybridized carbons (Fsp3) is 0.800. The smallest absolute Gasteiger partial charge is 0.216 e. The second-order valence-electron chi connectivity index (χ2n) is 6.59. The highest BCUT2D eigenvalue weighted by atomic mass is 16.5. The highest BCUT2D eigenvalue weighted by Crippen LogP contribution is 2.34. The van der Waals surface area contributed by atoms with E-state index in [1.807, 2.05) is 14.0 Å². The molecule has 1 aliphatic rings. The second-order valence-corrected chi connectivity index (χ2v) is 6.59. The summed E-state index contributed by atoms with van der Waals surface area (Å²) in [7, 11) is 5.79. The Kier molecular flexibility index (Phi) is 4.60. The maximum Gasteiger partial charge on any atom is 0.216 e. The summed E-state index contributed by atoms with van der Waals surface area (Å²) in [4.78, 5) is 4.87. The number of methoxy groups -OCH3 is 1. The molecule has 6 nitrogen and oxygen atoms in total. The number of nitrogens with zero attached hydrogens (tertiary/aromatic N) is 4. The van der Waals surface area contributed by atoms with Gasteiger partial charge in [-0.15, -0.1) is 0 Å². The molecule has 0 saturated carbocycles. The first-order valence-corrected chi connectivity index (χ1v) is 7.54. The van der Waals surface area contributed by atoms with Gasteiger partial charge in [0.05, 0.1) is 24.4 Å². The van der Waals surface area contributed by atoms with Crippen LogP contribution in [-0.4, -0.2) is 65.5 Å². The largest absolute Gasteiger partial charge is 0.481 e. The highest BCUT2D eigenvalue weighted by molar-refractivity contribution is 5.34. The van der Waals surface area contributed by atoms with Gasteiger partial charge in [0.1, 0.15) is 0 Å². The van der Waals surface area contributed by atoms with E-state index in [0.717, 1.165) is 36.8 Å². The highest BCUT2D eigenvalue weighted by Gasteiger charge is 2.36. The van der Waals surface area contributed by atoms with Gasteiger partial charge in [0.25, 0.3) is 0 Å². The van der Waals surface area contributed by atoms with Gasteiger partial charge in [-0.25, -0.2) is 4.68 Å². The van der Waals surface area contributed by atoms with Crippen LogP contribution < -0.4 is 10.5 Å². The summed E-state index contributed by atoms with van der Waals surface area (Å²) < 4.78 is 7.35.